The number of amides is 1. The van der Waals surface area contributed by atoms with Gasteiger partial charge in [-0.3, -0.25) is 4.79 Å². The minimum Gasteiger partial charge on any atom is -0.390 e. The highest BCUT2D eigenvalue weighted by molar-refractivity contribution is 6.00. The molecular weight excluding hydrogens is 300 g/mol. The first-order valence-electron chi connectivity index (χ1n) is 9.00. The van der Waals surface area contributed by atoms with Gasteiger partial charge in [-0.05, 0) is 62.5 Å². The fourth-order valence-electron chi connectivity index (χ4n) is 5.69. The minimum absolute atomic E-state index is 0.0345. The van der Waals surface area contributed by atoms with E-state index in [0.717, 1.165) is 31.4 Å². The molecule has 0 aromatic heterocycles. The second kappa shape index (κ2) is 5.62. The Balaban J connectivity index is 1.55. The van der Waals surface area contributed by atoms with Crippen molar-refractivity contribution in [3.8, 4) is 0 Å². The lowest BCUT2D eigenvalue weighted by Crippen LogP contribution is -2.65. The van der Waals surface area contributed by atoms with Crippen molar-refractivity contribution in [1.82, 2.24) is 5.32 Å². The highest BCUT2D eigenvalue weighted by Gasteiger charge is 2.57. The van der Waals surface area contributed by atoms with Crippen LogP contribution >= 0.6 is 0 Å². The minimum atomic E-state index is -0.558. The van der Waals surface area contributed by atoms with E-state index >= 15 is 0 Å². The summed E-state index contributed by atoms with van der Waals surface area (Å²) in [5.74, 6) is 1.09. The van der Waals surface area contributed by atoms with Crippen LogP contribution in [0.25, 0.3) is 0 Å². The molecule has 0 spiro atoms. The maximum Gasteiger partial charge on any atom is 0.253 e. The quantitative estimate of drug-likeness (QED) is 0.729. The molecule has 4 heteroatoms. The van der Waals surface area contributed by atoms with Crippen LogP contribution in [0.4, 0.5) is 5.69 Å². The van der Waals surface area contributed by atoms with Crippen molar-refractivity contribution in [2.75, 3.05) is 11.9 Å². The molecule has 4 saturated carbocycles. The molecule has 4 aliphatic carbocycles. The van der Waals surface area contributed by atoms with Gasteiger partial charge in [0, 0.05) is 17.8 Å². The number of benzene rings is 1. The van der Waals surface area contributed by atoms with E-state index in [1.54, 1.807) is 6.08 Å². The number of aliphatic hydroxyl groups is 1. The SMILES string of the molecule is C=CCNc1ccccc1C(=O)NC12C[C@@H]3C[C@H](CC(O)(C3)C1)C2. The Bertz CT molecular complexity index is 655. The van der Waals surface area contributed by atoms with Crippen molar-refractivity contribution in [2.24, 2.45) is 11.8 Å². The Labute approximate surface area is 143 Å². The first-order valence-corrected chi connectivity index (χ1v) is 9.00. The van der Waals surface area contributed by atoms with Gasteiger partial charge < -0.3 is 15.7 Å². The number of carbonyl (C=O) groups excluding carboxylic acids is 1. The Morgan fingerprint density at radius 1 is 1.25 bits per heavy atom. The Hall–Kier alpha value is -1.81. The molecule has 0 aliphatic heterocycles. The van der Waals surface area contributed by atoms with Gasteiger partial charge in [0.25, 0.3) is 5.91 Å². The van der Waals surface area contributed by atoms with E-state index in [1.165, 1.54) is 6.42 Å². The molecule has 4 fully saturated rings. The summed E-state index contributed by atoms with van der Waals surface area (Å²) in [6, 6.07) is 7.60. The molecule has 1 aromatic carbocycles. The van der Waals surface area contributed by atoms with Crippen LogP contribution in [-0.2, 0) is 0 Å². The van der Waals surface area contributed by atoms with Gasteiger partial charge >= 0.3 is 0 Å². The molecule has 0 unspecified atom stereocenters. The van der Waals surface area contributed by atoms with Crippen LogP contribution in [-0.4, -0.2) is 28.7 Å². The van der Waals surface area contributed by atoms with Crippen LogP contribution in [0.3, 0.4) is 0 Å². The predicted octanol–water partition coefficient (Wildman–Crippen LogP) is 3.10. The summed E-state index contributed by atoms with van der Waals surface area (Å²) in [4.78, 5) is 13.0. The topological polar surface area (TPSA) is 61.4 Å². The zero-order chi connectivity index (χ0) is 16.8. The number of nitrogens with one attached hydrogen (secondary N) is 2. The fourth-order valence-corrected chi connectivity index (χ4v) is 5.69. The number of para-hydroxylation sites is 1. The van der Waals surface area contributed by atoms with Crippen LogP contribution in [0.15, 0.2) is 36.9 Å². The van der Waals surface area contributed by atoms with E-state index in [0.29, 0.717) is 30.4 Å². The molecule has 2 atom stereocenters. The lowest BCUT2D eigenvalue weighted by atomic mass is 9.51. The van der Waals surface area contributed by atoms with Gasteiger partial charge in [0.1, 0.15) is 0 Å². The van der Waals surface area contributed by atoms with Crippen LogP contribution in [0.2, 0.25) is 0 Å². The van der Waals surface area contributed by atoms with Crippen molar-refractivity contribution in [1.29, 1.82) is 0 Å². The molecular formula is C20H26N2O2. The lowest BCUT2D eigenvalue weighted by molar-refractivity contribution is -0.139. The molecule has 0 heterocycles. The molecule has 0 saturated heterocycles. The normalized spacial score (nSPS) is 36.4. The van der Waals surface area contributed by atoms with Gasteiger partial charge in [0.15, 0.2) is 0 Å². The summed E-state index contributed by atoms with van der Waals surface area (Å²) in [5.41, 5.74) is 0.722. The van der Waals surface area contributed by atoms with Crippen LogP contribution in [0, 0.1) is 11.8 Å². The molecule has 1 amide bonds. The highest BCUT2D eigenvalue weighted by atomic mass is 16.3. The Morgan fingerprint density at radius 2 is 1.96 bits per heavy atom. The van der Waals surface area contributed by atoms with Crippen molar-refractivity contribution >= 4 is 11.6 Å². The first-order chi connectivity index (χ1) is 11.5. The summed E-state index contributed by atoms with van der Waals surface area (Å²) in [7, 11) is 0. The largest absolute Gasteiger partial charge is 0.390 e. The van der Waals surface area contributed by atoms with Crippen molar-refractivity contribution in [2.45, 2.75) is 49.7 Å². The molecule has 1 aromatic rings. The van der Waals surface area contributed by atoms with Gasteiger partial charge in [-0.1, -0.05) is 18.2 Å². The van der Waals surface area contributed by atoms with Crippen molar-refractivity contribution in [3.05, 3.63) is 42.5 Å². The Morgan fingerprint density at radius 3 is 2.62 bits per heavy atom. The smallest absolute Gasteiger partial charge is 0.253 e. The molecule has 4 nitrogen and oxygen atoms in total. The monoisotopic (exact) mass is 326 g/mol. The third kappa shape index (κ3) is 2.73. The van der Waals surface area contributed by atoms with Gasteiger partial charge in [-0.25, -0.2) is 0 Å². The summed E-state index contributed by atoms with van der Waals surface area (Å²) >= 11 is 0. The van der Waals surface area contributed by atoms with E-state index in [9.17, 15) is 9.90 Å². The molecule has 4 bridgehead atoms. The molecule has 5 rings (SSSR count). The fraction of sp³-hybridized carbons (Fsp3) is 0.550. The standard InChI is InChI=1S/C20H26N2O2/c1-2-7-21-17-6-4-3-5-16(17)18(23)22-19-9-14-8-15(10-19)12-20(24,11-14)13-19/h2-6,14-15,21,24H,1,7-13H2,(H,22,23)/t14-,15-,19?,20?/m0/s1. The summed E-state index contributed by atoms with van der Waals surface area (Å²) in [6.07, 6.45) is 7.57. The predicted molar refractivity (Wildman–Crippen MR) is 95.0 cm³/mol. The molecule has 128 valence electrons. The van der Waals surface area contributed by atoms with E-state index in [-0.39, 0.29) is 11.4 Å². The first kappa shape index (κ1) is 15.7. The van der Waals surface area contributed by atoms with Gasteiger partial charge in [0.05, 0.1) is 11.2 Å². The van der Waals surface area contributed by atoms with Gasteiger partial charge in [-0.2, -0.15) is 0 Å². The van der Waals surface area contributed by atoms with Crippen LogP contribution in [0.5, 0.6) is 0 Å². The van der Waals surface area contributed by atoms with Crippen molar-refractivity contribution < 1.29 is 9.90 Å². The number of rotatable bonds is 5. The van der Waals surface area contributed by atoms with E-state index < -0.39 is 5.60 Å². The third-order valence-electron chi connectivity index (χ3n) is 6.02. The maximum atomic E-state index is 13.0. The summed E-state index contributed by atoms with van der Waals surface area (Å²) < 4.78 is 0. The number of hydrogen-bond donors (Lipinski definition) is 3. The third-order valence-corrected chi connectivity index (χ3v) is 6.02. The average Bonchev–Trinajstić information content (AvgIpc) is 2.50. The molecule has 0 radical (unpaired) electrons. The average molecular weight is 326 g/mol. The molecule has 4 aliphatic rings. The molecule has 3 N–H and O–H groups in total. The van der Waals surface area contributed by atoms with Gasteiger partial charge in [0.2, 0.25) is 0 Å². The number of anilines is 1. The molecule has 24 heavy (non-hydrogen) atoms. The Kier molecular flexibility index (Phi) is 3.68. The second-order valence-electron chi connectivity index (χ2n) is 8.13. The van der Waals surface area contributed by atoms with E-state index in [2.05, 4.69) is 17.2 Å². The second-order valence-corrected chi connectivity index (χ2v) is 8.13. The van der Waals surface area contributed by atoms with E-state index in [1.807, 2.05) is 24.3 Å². The zero-order valence-corrected chi connectivity index (χ0v) is 14.1. The van der Waals surface area contributed by atoms with Crippen molar-refractivity contribution in [3.63, 3.8) is 0 Å². The summed E-state index contributed by atoms with van der Waals surface area (Å²) in [5, 5.41) is 17.4. The zero-order valence-electron chi connectivity index (χ0n) is 14.1. The maximum absolute atomic E-state index is 13.0. The van der Waals surface area contributed by atoms with E-state index in [4.69, 9.17) is 0 Å². The number of hydrogen-bond acceptors (Lipinski definition) is 3. The summed E-state index contributed by atoms with van der Waals surface area (Å²) in [6.45, 7) is 4.34. The van der Waals surface area contributed by atoms with Gasteiger partial charge in [-0.15, -0.1) is 6.58 Å². The van der Waals surface area contributed by atoms with Crippen LogP contribution in [0.1, 0.15) is 48.9 Å². The number of carbonyl (C=O) groups is 1. The highest BCUT2D eigenvalue weighted by Crippen LogP contribution is 2.57. The lowest BCUT2D eigenvalue weighted by Gasteiger charge is -2.60. The van der Waals surface area contributed by atoms with Crippen LogP contribution < -0.4 is 10.6 Å².